The number of hydrogen-bond donors (Lipinski definition) is 0. The Morgan fingerprint density at radius 2 is 1.83 bits per heavy atom. The average molecular weight is 395 g/mol. The fraction of sp³-hybridized carbons (Fsp3) is 0.318. The summed E-state index contributed by atoms with van der Waals surface area (Å²) in [7, 11) is 3.25. The molecule has 0 radical (unpaired) electrons. The van der Waals surface area contributed by atoms with Crippen LogP contribution in [-0.4, -0.2) is 35.8 Å². The fourth-order valence-corrected chi connectivity index (χ4v) is 3.31. The van der Waals surface area contributed by atoms with E-state index in [1.54, 1.807) is 38.4 Å². The minimum atomic E-state index is -0.490. The molecule has 3 aromatic rings. The Kier molecular flexibility index (Phi) is 6.29. The second-order valence-electron chi connectivity index (χ2n) is 6.98. The van der Waals surface area contributed by atoms with Crippen molar-refractivity contribution in [2.45, 2.75) is 26.4 Å². The Hall–Kier alpha value is -3.19. The number of benzene rings is 2. The van der Waals surface area contributed by atoms with Crippen LogP contribution in [0.15, 0.2) is 58.1 Å². The van der Waals surface area contributed by atoms with Crippen LogP contribution >= 0.6 is 0 Å². The molecule has 0 bridgehead atoms. The number of rotatable bonds is 7. The zero-order valence-corrected chi connectivity index (χ0v) is 16.9. The van der Waals surface area contributed by atoms with E-state index in [2.05, 4.69) is 0 Å². The van der Waals surface area contributed by atoms with Crippen molar-refractivity contribution in [2.24, 2.45) is 0 Å². The van der Waals surface area contributed by atoms with Crippen molar-refractivity contribution < 1.29 is 9.53 Å². The third-order valence-corrected chi connectivity index (χ3v) is 4.92. The molecule has 0 spiro atoms. The number of methoxy groups -OCH3 is 1. The molecule has 0 atom stereocenters. The molecular formula is C22H25N3O4. The van der Waals surface area contributed by atoms with Gasteiger partial charge in [-0.3, -0.25) is 18.7 Å². The van der Waals surface area contributed by atoms with Gasteiger partial charge in [0.1, 0.15) is 6.54 Å². The molecular weight excluding hydrogens is 370 g/mol. The number of aromatic nitrogens is 2. The van der Waals surface area contributed by atoms with Crippen LogP contribution in [0, 0.1) is 6.92 Å². The van der Waals surface area contributed by atoms with Gasteiger partial charge in [-0.1, -0.05) is 24.3 Å². The maximum Gasteiger partial charge on any atom is 0.331 e. The highest BCUT2D eigenvalue weighted by Crippen LogP contribution is 2.15. The molecule has 3 rings (SSSR count). The van der Waals surface area contributed by atoms with Gasteiger partial charge in [0.05, 0.1) is 10.9 Å². The molecule has 0 aliphatic carbocycles. The Bertz CT molecular complexity index is 1150. The van der Waals surface area contributed by atoms with Crippen molar-refractivity contribution in [3.8, 4) is 0 Å². The summed E-state index contributed by atoms with van der Waals surface area (Å²) in [6.45, 7) is 2.47. The fourth-order valence-electron chi connectivity index (χ4n) is 3.31. The molecule has 0 saturated carbocycles. The van der Waals surface area contributed by atoms with Crippen LogP contribution in [0.25, 0.3) is 10.9 Å². The van der Waals surface area contributed by atoms with Gasteiger partial charge in [0.15, 0.2) is 0 Å². The number of carbonyl (C=O) groups excluding carboxylic acids is 1. The lowest BCUT2D eigenvalue weighted by molar-refractivity contribution is -0.118. The van der Waals surface area contributed by atoms with Gasteiger partial charge >= 0.3 is 5.69 Å². The number of fused-ring (bicyclic) bond motifs is 1. The van der Waals surface area contributed by atoms with E-state index < -0.39 is 5.69 Å². The lowest BCUT2D eigenvalue weighted by atomic mass is 10.2. The largest absolute Gasteiger partial charge is 0.385 e. The van der Waals surface area contributed by atoms with Gasteiger partial charge in [0.25, 0.3) is 5.56 Å². The van der Waals surface area contributed by atoms with Crippen LogP contribution in [0.1, 0.15) is 12.0 Å². The van der Waals surface area contributed by atoms with Gasteiger partial charge in [-0.2, -0.15) is 0 Å². The monoisotopic (exact) mass is 395 g/mol. The van der Waals surface area contributed by atoms with Gasteiger partial charge in [-0.15, -0.1) is 0 Å². The second-order valence-corrected chi connectivity index (χ2v) is 6.98. The Labute approximate surface area is 168 Å². The number of anilines is 1. The molecule has 2 aromatic carbocycles. The van der Waals surface area contributed by atoms with Crippen LogP contribution in [0.5, 0.6) is 0 Å². The molecule has 0 aliphatic heterocycles. The zero-order valence-electron chi connectivity index (χ0n) is 16.9. The van der Waals surface area contributed by atoms with Crippen molar-refractivity contribution in [3.05, 3.63) is 74.9 Å². The molecule has 7 heteroatoms. The summed E-state index contributed by atoms with van der Waals surface area (Å²) in [5.74, 6) is -0.245. The number of carbonyl (C=O) groups is 1. The molecule has 0 saturated heterocycles. The number of ether oxygens (including phenoxy) is 1. The van der Waals surface area contributed by atoms with E-state index in [4.69, 9.17) is 4.74 Å². The molecule has 1 heterocycles. The number of likely N-dealkylation sites (N-methyl/N-ethyl adjacent to an activating group) is 1. The van der Waals surface area contributed by atoms with Gasteiger partial charge in [-0.25, -0.2) is 4.79 Å². The Morgan fingerprint density at radius 3 is 2.55 bits per heavy atom. The number of amides is 1. The summed E-state index contributed by atoms with van der Waals surface area (Å²) in [5, 5.41) is 0.413. The normalized spacial score (nSPS) is 11.0. The van der Waals surface area contributed by atoms with Crippen LogP contribution in [0.4, 0.5) is 5.69 Å². The van der Waals surface area contributed by atoms with Crippen LogP contribution in [0.2, 0.25) is 0 Å². The van der Waals surface area contributed by atoms with E-state index in [9.17, 15) is 14.4 Å². The van der Waals surface area contributed by atoms with E-state index in [1.807, 2.05) is 31.2 Å². The molecule has 0 aliphatic rings. The summed E-state index contributed by atoms with van der Waals surface area (Å²) in [5.41, 5.74) is 1.40. The predicted octanol–water partition coefficient (Wildman–Crippen LogP) is 2.17. The van der Waals surface area contributed by atoms with Gasteiger partial charge in [0.2, 0.25) is 5.91 Å². The summed E-state index contributed by atoms with van der Waals surface area (Å²) in [4.78, 5) is 40.3. The first kappa shape index (κ1) is 20.5. The molecule has 29 heavy (non-hydrogen) atoms. The van der Waals surface area contributed by atoms with E-state index >= 15 is 0 Å². The third-order valence-electron chi connectivity index (χ3n) is 4.92. The van der Waals surface area contributed by atoms with Crippen molar-refractivity contribution in [1.29, 1.82) is 0 Å². The molecule has 152 valence electrons. The first-order valence-corrected chi connectivity index (χ1v) is 9.48. The minimum absolute atomic E-state index is 0.158. The average Bonchev–Trinajstić information content (AvgIpc) is 2.73. The molecule has 0 unspecified atom stereocenters. The molecule has 0 fully saturated rings. The standard InChI is InChI=1S/C22H25N3O4/c1-16-8-6-9-17(14-16)23(2)20(26)15-25-19-11-5-4-10-18(19)21(27)24(22(25)28)12-7-13-29-3/h4-6,8-11,14H,7,12-13,15H2,1-3H3. The topological polar surface area (TPSA) is 73.5 Å². The van der Waals surface area contributed by atoms with E-state index in [1.165, 1.54) is 14.0 Å². The van der Waals surface area contributed by atoms with Gasteiger partial charge in [0, 0.05) is 33.0 Å². The number of para-hydroxylation sites is 1. The minimum Gasteiger partial charge on any atom is -0.385 e. The lowest BCUT2D eigenvalue weighted by Crippen LogP contribution is -2.43. The van der Waals surface area contributed by atoms with E-state index in [0.717, 1.165) is 11.3 Å². The quantitative estimate of drug-likeness (QED) is 0.575. The van der Waals surface area contributed by atoms with Gasteiger partial charge in [-0.05, 0) is 43.2 Å². The second kappa shape index (κ2) is 8.87. The van der Waals surface area contributed by atoms with Crippen molar-refractivity contribution in [2.75, 3.05) is 25.7 Å². The summed E-state index contributed by atoms with van der Waals surface area (Å²) >= 11 is 0. The van der Waals surface area contributed by atoms with Gasteiger partial charge < -0.3 is 9.64 Å². The first-order chi connectivity index (χ1) is 13.9. The molecule has 1 amide bonds. The van der Waals surface area contributed by atoms with Crippen molar-refractivity contribution >= 4 is 22.5 Å². The number of aryl methyl sites for hydroxylation is 1. The van der Waals surface area contributed by atoms with Crippen LogP contribution in [0.3, 0.4) is 0 Å². The van der Waals surface area contributed by atoms with Crippen LogP contribution in [-0.2, 0) is 22.6 Å². The third kappa shape index (κ3) is 4.30. The van der Waals surface area contributed by atoms with E-state index in [-0.39, 0.29) is 24.6 Å². The zero-order chi connectivity index (χ0) is 21.0. The summed E-state index contributed by atoms with van der Waals surface area (Å²) in [6.07, 6.45) is 0.529. The summed E-state index contributed by atoms with van der Waals surface area (Å²) in [6, 6.07) is 14.5. The van der Waals surface area contributed by atoms with E-state index in [0.29, 0.717) is 23.9 Å². The molecule has 1 aromatic heterocycles. The van der Waals surface area contributed by atoms with Crippen molar-refractivity contribution in [1.82, 2.24) is 9.13 Å². The Balaban J connectivity index is 2.02. The lowest BCUT2D eigenvalue weighted by Gasteiger charge is -2.20. The SMILES string of the molecule is COCCCn1c(=O)c2ccccc2n(CC(=O)N(C)c2cccc(C)c2)c1=O. The smallest absolute Gasteiger partial charge is 0.331 e. The number of nitrogens with zero attached hydrogens (tertiary/aromatic N) is 3. The molecule has 7 nitrogen and oxygen atoms in total. The number of hydrogen-bond acceptors (Lipinski definition) is 4. The van der Waals surface area contributed by atoms with Crippen LogP contribution < -0.4 is 16.1 Å². The van der Waals surface area contributed by atoms with Crippen molar-refractivity contribution in [3.63, 3.8) is 0 Å². The predicted molar refractivity (Wildman–Crippen MR) is 114 cm³/mol. The maximum atomic E-state index is 13.1. The highest BCUT2D eigenvalue weighted by atomic mass is 16.5. The molecule has 0 N–H and O–H groups in total. The highest BCUT2D eigenvalue weighted by Gasteiger charge is 2.18. The Morgan fingerprint density at radius 1 is 1.07 bits per heavy atom. The summed E-state index contributed by atoms with van der Waals surface area (Å²) < 4.78 is 7.59. The highest BCUT2D eigenvalue weighted by molar-refractivity contribution is 5.93. The first-order valence-electron chi connectivity index (χ1n) is 9.48. The maximum absolute atomic E-state index is 13.1.